The zero-order valence-corrected chi connectivity index (χ0v) is 20.9. The number of quaternary nitrogens is 1. The molecule has 2 heterocycles. The predicted octanol–water partition coefficient (Wildman–Crippen LogP) is 6.37. The molecule has 1 atom stereocenters. The summed E-state index contributed by atoms with van der Waals surface area (Å²) in [5.41, 5.74) is 2.13. The number of hydrogen-bond acceptors (Lipinski definition) is 3. The molecule has 0 bridgehead atoms. The smallest absolute Gasteiger partial charge is 0.416 e. The van der Waals surface area contributed by atoms with Gasteiger partial charge in [0.1, 0.15) is 11.4 Å². The van der Waals surface area contributed by atoms with E-state index in [0.29, 0.717) is 41.3 Å². The molecule has 0 spiro atoms. The molecule has 1 aliphatic rings. The fourth-order valence-corrected chi connectivity index (χ4v) is 5.01. The van der Waals surface area contributed by atoms with Crippen molar-refractivity contribution in [1.82, 2.24) is 14.1 Å². The second-order valence-electron chi connectivity index (χ2n) is 9.75. The van der Waals surface area contributed by atoms with Crippen LogP contribution in [0.3, 0.4) is 0 Å². The molecule has 1 N–H and O–H groups in total. The molecule has 6 nitrogen and oxygen atoms in total. The number of carbonyl (C=O) groups is 1. The molecule has 2 aromatic carbocycles. The molecular weight excluding hydrogens is 469 g/mol. The highest BCUT2D eigenvalue weighted by Crippen LogP contribution is 2.44. The van der Waals surface area contributed by atoms with Crippen LogP contribution in [0, 0.1) is 11.1 Å². The lowest BCUT2D eigenvalue weighted by molar-refractivity contribution is -0.137. The van der Waals surface area contributed by atoms with Crippen LogP contribution < -0.4 is 9.96 Å². The van der Waals surface area contributed by atoms with Crippen LogP contribution in [0.15, 0.2) is 54.6 Å². The lowest BCUT2D eigenvalue weighted by Gasteiger charge is -2.48. The summed E-state index contributed by atoms with van der Waals surface area (Å²) in [6.07, 6.45) is -3.94. The Kier molecular flexibility index (Phi) is 6.90. The van der Waals surface area contributed by atoms with Crippen molar-refractivity contribution in [3.05, 3.63) is 82.2 Å². The number of nitrogens with zero attached hydrogens (tertiary/aromatic N) is 3. The molecule has 1 unspecified atom stereocenters. The maximum atomic E-state index is 14.3. The highest BCUT2D eigenvalue weighted by Gasteiger charge is 2.44. The summed E-state index contributed by atoms with van der Waals surface area (Å²) < 4.78 is 40.5. The maximum Gasteiger partial charge on any atom is 0.416 e. The van der Waals surface area contributed by atoms with Gasteiger partial charge in [-0.1, -0.05) is 51.1 Å². The number of hydrogen-bond donors (Lipinski definition) is 1. The number of carbonyl (C=O) groups excluding carboxylic acids is 1. The third kappa shape index (κ3) is 4.85. The molecule has 36 heavy (non-hydrogen) atoms. The van der Waals surface area contributed by atoms with E-state index in [-0.39, 0.29) is 25.0 Å². The van der Waals surface area contributed by atoms with E-state index >= 15 is 0 Å². The van der Waals surface area contributed by atoms with Crippen LogP contribution in [-0.2, 0) is 19.1 Å². The number of para-hydroxylation sites is 1. The number of benzene rings is 2. The number of halogens is 3. The van der Waals surface area contributed by atoms with Gasteiger partial charge in [0, 0.05) is 25.2 Å². The molecule has 4 rings (SSSR count). The van der Waals surface area contributed by atoms with Gasteiger partial charge in [-0.2, -0.15) is 13.2 Å². The van der Waals surface area contributed by atoms with Gasteiger partial charge in [-0.15, -0.1) is 0 Å². The van der Waals surface area contributed by atoms with Gasteiger partial charge in [-0.05, 0) is 36.2 Å². The van der Waals surface area contributed by atoms with Crippen molar-refractivity contribution in [2.45, 2.75) is 39.9 Å². The van der Waals surface area contributed by atoms with E-state index in [1.54, 1.807) is 7.05 Å². The molecule has 1 aromatic heterocycles. The molecular formula is C27H31F3N4O2. The van der Waals surface area contributed by atoms with Gasteiger partial charge < -0.3 is 19.7 Å². The minimum atomic E-state index is -4.42. The summed E-state index contributed by atoms with van der Waals surface area (Å²) in [5, 5.41) is 17.6. The second-order valence-corrected chi connectivity index (χ2v) is 9.75. The molecule has 1 amide bonds. The molecule has 0 radical (unpaired) electrons. The van der Waals surface area contributed by atoms with E-state index in [2.05, 4.69) is 5.32 Å². The lowest BCUT2D eigenvalue weighted by Crippen LogP contribution is -2.57. The van der Waals surface area contributed by atoms with Crippen LogP contribution in [0.2, 0.25) is 0 Å². The zero-order valence-electron chi connectivity index (χ0n) is 20.9. The molecule has 192 valence electrons. The number of rotatable bonds is 7. The largest absolute Gasteiger partial charge is 0.626 e. The number of aromatic nitrogens is 1. The van der Waals surface area contributed by atoms with Crippen LogP contribution in [-0.4, -0.2) is 35.6 Å². The fraction of sp³-hybridized carbons (Fsp3) is 0.370. The Morgan fingerprint density at radius 2 is 1.72 bits per heavy atom. The van der Waals surface area contributed by atoms with Crippen molar-refractivity contribution < 1.29 is 18.0 Å². The first-order chi connectivity index (χ1) is 16.9. The Hall–Kier alpha value is -3.30. The van der Waals surface area contributed by atoms with Gasteiger partial charge in [-0.25, -0.2) is 0 Å². The Morgan fingerprint density at radius 1 is 1.08 bits per heavy atom. The zero-order chi connectivity index (χ0) is 26.3. The second kappa shape index (κ2) is 9.63. The molecule has 3 aromatic rings. The Labute approximate surface area is 209 Å². The van der Waals surface area contributed by atoms with Gasteiger partial charge in [0.2, 0.25) is 0 Å². The van der Waals surface area contributed by atoms with Crippen LogP contribution in [0.4, 0.5) is 30.4 Å². The maximum absolute atomic E-state index is 14.3. The van der Waals surface area contributed by atoms with E-state index < -0.39 is 16.4 Å². The van der Waals surface area contributed by atoms with E-state index in [9.17, 15) is 23.2 Å². The van der Waals surface area contributed by atoms with E-state index in [1.165, 1.54) is 17.0 Å². The molecule has 0 fully saturated rings. The third-order valence-electron chi connectivity index (χ3n) is 6.40. The minimum Gasteiger partial charge on any atom is -0.626 e. The quantitative estimate of drug-likeness (QED) is 0.303. The van der Waals surface area contributed by atoms with E-state index in [1.807, 2.05) is 55.7 Å². The summed E-state index contributed by atoms with van der Waals surface area (Å²) in [7, 11) is 1.63. The molecule has 9 heteroatoms. The average molecular weight is 501 g/mol. The van der Waals surface area contributed by atoms with Crippen LogP contribution >= 0.6 is 0 Å². The molecule has 0 aliphatic carbocycles. The fourth-order valence-electron chi connectivity index (χ4n) is 5.01. The van der Waals surface area contributed by atoms with E-state index in [0.717, 1.165) is 17.8 Å². The van der Waals surface area contributed by atoms with Crippen molar-refractivity contribution in [3.8, 4) is 0 Å². The highest BCUT2D eigenvalue weighted by molar-refractivity contribution is 6.07. The summed E-state index contributed by atoms with van der Waals surface area (Å²) >= 11 is 0. The Morgan fingerprint density at radius 3 is 2.28 bits per heavy atom. The first kappa shape index (κ1) is 25.8. The van der Waals surface area contributed by atoms with Crippen LogP contribution in [0.1, 0.15) is 48.0 Å². The van der Waals surface area contributed by atoms with Gasteiger partial charge >= 0.3 is 6.18 Å². The van der Waals surface area contributed by atoms with Crippen molar-refractivity contribution in [2.24, 2.45) is 5.92 Å². The van der Waals surface area contributed by atoms with Gasteiger partial charge in [0.25, 0.3) is 5.91 Å². The monoisotopic (exact) mass is 500 g/mol. The molecule has 0 saturated heterocycles. The van der Waals surface area contributed by atoms with Crippen molar-refractivity contribution >= 4 is 23.1 Å². The number of nitrogens with one attached hydrogen (secondary N) is 1. The van der Waals surface area contributed by atoms with Gasteiger partial charge in [0.05, 0.1) is 17.8 Å². The van der Waals surface area contributed by atoms with Crippen LogP contribution in [0.25, 0.3) is 0 Å². The standard InChI is InChI=1S/C27H31F3N4O2/c1-5-22-24-23(26(35)32(4)17-34(24,36)16-18(2)3)25(31-21-9-7-6-8-10-21)33(22)15-19-11-13-20(14-12-19)27(28,29)30/h6-14,18,31H,5,15-17H2,1-4H3. The highest BCUT2D eigenvalue weighted by atomic mass is 19.4. The topological polar surface area (TPSA) is 60.3 Å². The first-order valence-corrected chi connectivity index (χ1v) is 12.0. The predicted molar refractivity (Wildman–Crippen MR) is 136 cm³/mol. The number of anilines is 2. The average Bonchev–Trinajstić information content (AvgIpc) is 3.11. The van der Waals surface area contributed by atoms with Crippen molar-refractivity contribution in [1.29, 1.82) is 0 Å². The number of alkyl halides is 3. The third-order valence-corrected chi connectivity index (χ3v) is 6.40. The van der Waals surface area contributed by atoms with Crippen LogP contribution in [0.5, 0.6) is 0 Å². The SMILES string of the molecule is CCc1c2c(c(Nc3ccccc3)n1Cc1ccc(C(F)(F)F)cc1)C(=O)N(C)C[N+]2([O-])CC(C)C. The normalized spacial score (nSPS) is 18.0. The number of fused-ring (bicyclic) bond motifs is 1. The Balaban J connectivity index is 1.91. The summed E-state index contributed by atoms with van der Waals surface area (Å²) in [5.74, 6) is 0.315. The summed E-state index contributed by atoms with van der Waals surface area (Å²) in [6, 6.07) is 14.3. The summed E-state index contributed by atoms with van der Waals surface area (Å²) in [6.45, 7) is 6.39. The lowest BCUT2D eigenvalue weighted by atomic mass is 10.1. The Bertz CT molecular complexity index is 1240. The number of hydroxylamine groups is 2. The molecule has 0 saturated carbocycles. The number of amides is 1. The summed E-state index contributed by atoms with van der Waals surface area (Å²) in [4.78, 5) is 14.9. The minimum absolute atomic E-state index is 0.00603. The molecule has 1 aliphatic heterocycles. The van der Waals surface area contributed by atoms with Gasteiger partial charge in [0.15, 0.2) is 12.4 Å². The van der Waals surface area contributed by atoms with E-state index in [4.69, 9.17) is 0 Å². The van der Waals surface area contributed by atoms with Crippen molar-refractivity contribution in [3.63, 3.8) is 0 Å². The van der Waals surface area contributed by atoms with Crippen molar-refractivity contribution in [2.75, 3.05) is 25.6 Å². The first-order valence-electron chi connectivity index (χ1n) is 12.0. The van der Waals surface area contributed by atoms with Gasteiger partial charge in [-0.3, -0.25) is 9.69 Å².